The Morgan fingerprint density at radius 3 is 2.46 bits per heavy atom. The number of benzene rings is 2. The fourth-order valence-electron chi connectivity index (χ4n) is 5.12. The van der Waals surface area contributed by atoms with E-state index in [2.05, 4.69) is 41.3 Å². The van der Waals surface area contributed by atoms with Crippen LogP contribution in [0.15, 0.2) is 47.4 Å². The van der Waals surface area contributed by atoms with Crippen LogP contribution in [0.1, 0.15) is 28.5 Å². The van der Waals surface area contributed by atoms with Gasteiger partial charge in [-0.3, -0.25) is 9.69 Å². The molecule has 1 aromatic heterocycles. The molecule has 0 N–H and O–H groups in total. The van der Waals surface area contributed by atoms with E-state index in [-0.39, 0.29) is 5.91 Å². The average Bonchev–Trinajstić information content (AvgIpc) is 3.34. The van der Waals surface area contributed by atoms with Crippen molar-refractivity contribution in [3.8, 4) is 22.7 Å². The van der Waals surface area contributed by atoms with Gasteiger partial charge in [-0.15, -0.1) is 11.8 Å². The molecule has 4 heterocycles. The molecule has 0 saturated carbocycles. The average molecular weight is 521 g/mol. The smallest absolute Gasteiger partial charge is 0.274 e. The number of carbonyl (C=O) groups excluding carboxylic acids is 1. The van der Waals surface area contributed by atoms with Gasteiger partial charge in [0, 0.05) is 54.5 Å². The second-order valence-electron chi connectivity index (χ2n) is 9.43. The zero-order valence-electron chi connectivity index (χ0n) is 21.1. The molecule has 3 aliphatic rings. The molecule has 0 atom stereocenters. The van der Waals surface area contributed by atoms with Gasteiger partial charge in [-0.25, -0.2) is 4.68 Å². The molecule has 8 nitrogen and oxygen atoms in total. The molecule has 2 fully saturated rings. The van der Waals surface area contributed by atoms with E-state index in [0.717, 1.165) is 66.0 Å². The summed E-state index contributed by atoms with van der Waals surface area (Å²) in [4.78, 5) is 19.0. The van der Waals surface area contributed by atoms with Gasteiger partial charge in [-0.05, 0) is 42.8 Å². The number of morpholine rings is 2. The summed E-state index contributed by atoms with van der Waals surface area (Å²) in [5, 5.41) is 4.95. The van der Waals surface area contributed by atoms with Gasteiger partial charge in [0.25, 0.3) is 5.91 Å². The maximum Gasteiger partial charge on any atom is 0.274 e. The van der Waals surface area contributed by atoms with Gasteiger partial charge in [-0.2, -0.15) is 5.10 Å². The Morgan fingerprint density at radius 2 is 1.73 bits per heavy atom. The second kappa shape index (κ2) is 10.9. The highest BCUT2D eigenvalue weighted by Crippen LogP contribution is 2.45. The first kappa shape index (κ1) is 24.5. The summed E-state index contributed by atoms with van der Waals surface area (Å²) in [6.45, 7) is 9.35. The maximum atomic E-state index is 13.6. The van der Waals surface area contributed by atoms with E-state index in [4.69, 9.17) is 19.3 Å². The van der Waals surface area contributed by atoms with E-state index in [1.807, 2.05) is 22.6 Å². The van der Waals surface area contributed by atoms with Gasteiger partial charge in [0.15, 0.2) is 5.69 Å². The summed E-state index contributed by atoms with van der Waals surface area (Å²) in [6, 6.07) is 14.8. The minimum atomic E-state index is -0.0165. The number of amides is 1. The third-order valence-corrected chi connectivity index (χ3v) is 8.15. The van der Waals surface area contributed by atoms with Crippen molar-refractivity contribution in [3.63, 3.8) is 0 Å². The molecule has 3 aromatic rings. The molecular weight excluding hydrogens is 488 g/mol. The van der Waals surface area contributed by atoms with Gasteiger partial charge in [0.1, 0.15) is 5.75 Å². The minimum Gasteiger partial charge on any atom is -0.494 e. The van der Waals surface area contributed by atoms with Crippen molar-refractivity contribution in [1.29, 1.82) is 0 Å². The lowest BCUT2D eigenvalue weighted by atomic mass is 10.0. The van der Waals surface area contributed by atoms with Crippen LogP contribution >= 0.6 is 11.8 Å². The van der Waals surface area contributed by atoms with Crippen LogP contribution in [-0.2, 0) is 21.8 Å². The zero-order valence-corrected chi connectivity index (χ0v) is 22.0. The lowest BCUT2D eigenvalue weighted by molar-refractivity contribution is 0.0298. The molecule has 2 saturated heterocycles. The number of aromatic nitrogens is 2. The molecule has 9 heteroatoms. The van der Waals surface area contributed by atoms with Gasteiger partial charge < -0.3 is 19.1 Å². The molecule has 0 radical (unpaired) electrons. The van der Waals surface area contributed by atoms with Crippen molar-refractivity contribution >= 4 is 17.7 Å². The van der Waals surface area contributed by atoms with Crippen molar-refractivity contribution < 1.29 is 19.0 Å². The normalized spacial score (nSPS) is 17.8. The van der Waals surface area contributed by atoms with E-state index in [9.17, 15) is 4.79 Å². The lowest BCUT2D eigenvalue weighted by Crippen LogP contribution is -2.41. The quantitative estimate of drug-likeness (QED) is 0.489. The van der Waals surface area contributed by atoms with E-state index < -0.39 is 0 Å². The number of nitrogens with zero attached hydrogens (tertiary/aromatic N) is 4. The number of thioether (sulfide) groups is 1. The van der Waals surface area contributed by atoms with Crippen molar-refractivity contribution in [2.45, 2.75) is 24.1 Å². The van der Waals surface area contributed by atoms with Crippen molar-refractivity contribution in [2.24, 2.45) is 0 Å². The largest absolute Gasteiger partial charge is 0.494 e. The Labute approximate surface area is 221 Å². The lowest BCUT2D eigenvalue weighted by Gasteiger charge is -2.26. The van der Waals surface area contributed by atoms with E-state index >= 15 is 0 Å². The maximum absolute atomic E-state index is 13.6. The monoisotopic (exact) mass is 520 g/mol. The predicted octanol–water partition coefficient (Wildman–Crippen LogP) is 3.85. The Bertz CT molecular complexity index is 1260. The van der Waals surface area contributed by atoms with Gasteiger partial charge in [0.05, 0.1) is 44.4 Å². The fourth-order valence-corrected chi connectivity index (χ4v) is 6.22. The molecule has 0 aliphatic carbocycles. The number of carbonyl (C=O) groups is 1. The fraction of sp³-hybridized carbons (Fsp3) is 0.429. The molecule has 0 unspecified atom stereocenters. The van der Waals surface area contributed by atoms with Gasteiger partial charge in [0.2, 0.25) is 0 Å². The van der Waals surface area contributed by atoms with E-state index in [1.54, 1.807) is 11.8 Å². The first-order valence-electron chi connectivity index (χ1n) is 13.0. The predicted molar refractivity (Wildman–Crippen MR) is 143 cm³/mol. The number of fused-ring (bicyclic) bond motifs is 3. The van der Waals surface area contributed by atoms with Crippen LogP contribution < -0.4 is 4.74 Å². The van der Waals surface area contributed by atoms with Crippen LogP contribution in [0.2, 0.25) is 0 Å². The Kier molecular flexibility index (Phi) is 7.19. The van der Waals surface area contributed by atoms with E-state index in [1.165, 1.54) is 5.56 Å². The van der Waals surface area contributed by atoms with Crippen molar-refractivity contribution in [1.82, 2.24) is 19.6 Å². The molecule has 37 heavy (non-hydrogen) atoms. The number of hydrogen-bond donors (Lipinski definition) is 0. The Balaban J connectivity index is 1.38. The van der Waals surface area contributed by atoms with Crippen LogP contribution in [0.5, 0.6) is 5.75 Å². The molecular formula is C28H32N4O4S. The highest BCUT2D eigenvalue weighted by molar-refractivity contribution is 7.98. The third-order valence-electron chi connectivity index (χ3n) is 7.07. The first-order chi connectivity index (χ1) is 18.2. The first-order valence-corrected chi connectivity index (χ1v) is 14.0. The summed E-state index contributed by atoms with van der Waals surface area (Å²) in [7, 11) is 0. The summed E-state index contributed by atoms with van der Waals surface area (Å²) in [6.07, 6.45) is 0. The molecule has 1 amide bonds. The van der Waals surface area contributed by atoms with Gasteiger partial charge >= 0.3 is 0 Å². The molecule has 0 spiro atoms. The molecule has 194 valence electrons. The molecule has 0 bridgehead atoms. The Hall–Kier alpha value is -2.85. The Morgan fingerprint density at radius 1 is 1.00 bits per heavy atom. The van der Waals surface area contributed by atoms with Crippen LogP contribution in [-0.4, -0.2) is 84.7 Å². The number of ether oxygens (including phenoxy) is 3. The SMILES string of the molecule is CCOc1ccc2c(c1)SCc1c(C(=O)N3CCOCC3)nn(-c3ccc(CN4CCOCC4)cc3)c1-2. The highest BCUT2D eigenvalue weighted by Gasteiger charge is 2.32. The molecule has 2 aromatic carbocycles. The number of rotatable bonds is 6. The number of hydrogen-bond acceptors (Lipinski definition) is 7. The summed E-state index contributed by atoms with van der Waals surface area (Å²) in [5.41, 5.74) is 5.83. The van der Waals surface area contributed by atoms with Crippen LogP contribution in [0.3, 0.4) is 0 Å². The van der Waals surface area contributed by atoms with Gasteiger partial charge in [-0.1, -0.05) is 12.1 Å². The topological polar surface area (TPSA) is 69.1 Å². The summed E-state index contributed by atoms with van der Waals surface area (Å²) < 4.78 is 18.7. The van der Waals surface area contributed by atoms with Crippen LogP contribution in [0.4, 0.5) is 0 Å². The standard InChI is InChI=1S/C28H32N4O4S/c1-2-36-22-7-8-23-25(17-22)37-19-24-26(28(33)31-11-15-35-16-12-31)29-32(27(23)24)21-5-3-20(4-6-21)18-30-9-13-34-14-10-30/h3-8,17H,2,9-16,18-19H2,1H3. The van der Waals surface area contributed by atoms with Crippen LogP contribution in [0.25, 0.3) is 16.9 Å². The third kappa shape index (κ3) is 5.01. The van der Waals surface area contributed by atoms with Crippen molar-refractivity contribution in [3.05, 3.63) is 59.3 Å². The van der Waals surface area contributed by atoms with Crippen molar-refractivity contribution in [2.75, 3.05) is 59.2 Å². The summed E-state index contributed by atoms with van der Waals surface area (Å²) in [5.74, 6) is 1.54. The molecule has 3 aliphatic heterocycles. The minimum absolute atomic E-state index is 0.0165. The second-order valence-corrected chi connectivity index (χ2v) is 10.4. The van der Waals surface area contributed by atoms with Crippen LogP contribution in [0, 0.1) is 0 Å². The summed E-state index contributed by atoms with van der Waals surface area (Å²) >= 11 is 1.74. The zero-order chi connectivity index (χ0) is 25.2. The highest BCUT2D eigenvalue weighted by atomic mass is 32.2. The van der Waals surface area contributed by atoms with E-state index in [0.29, 0.717) is 44.4 Å². The molecule has 6 rings (SSSR count).